The second-order valence-electron chi connectivity index (χ2n) is 17.7. The Morgan fingerprint density at radius 2 is 0.754 bits per heavy atom. The summed E-state index contributed by atoms with van der Waals surface area (Å²) in [5.41, 5.74) is 12.1. The van der Waals surface area contributed by atoms with Crippen LogP contribution < -0.4 is 20.7 Å². The van der Waals surface area contributed by atoms with Gasteiger partial charge in [-0.15, -0.1) is 0 Å². The van der Waals surface area contributed by atoms with Crippen molar-refractivity contribution in [1.29, 1.82) is 0 Å². The summed E-state index contributed by atoms with van der Waals surface area (Å²) in [4.78, 5) is 10.7. The monoisotopic (exact) mass is 897 g/mol. The van der Waals surface area contributed by atoms with Crippen LogP contribution in [0.15, 0.2) is 265 Å². The molecule has 69 heavy (non-hydrogen) atoms. The number of aromatic nitrogens is 3. The Kier molecular flexibility index (Phi) is 9.81. The van der Waals surface area contributed by atoms with Gasteiger partial charge in [-0.05, 0) is 86.5 Å². The molecule has 0 saturated heterocycles. The predicted octanol–water partition coefficient (Wildman–Crippen LogP) is 13.5. The number of fused-ring (bicyclic) bond motifs is 6. The van der Waals surface area contributed by atoms with Crippen LogP contribution >= 0.6 is 0 Å². The second-order valence-corrected chi connectivity index (χ2v) is 21.5. The van der Waals surface area contributed by atoms with Crippen molar-refractivity contribution in [2.24, 2.45) is 0 Å². The Balaban J connectivity index is 0.954. The van der Waals surface area contributed by atoms with Crippen molar-refractivity contribution in [1.82, 2.24) is 14.5 Å². The summed E-state index contributed by atoms with van der Waals surface area (Å²) in [5, 5.41) is 10.0. The molecule has 3 heterocycles. The van der Waals surface area contributed by atoms with Gasteiger partial charge >= 0.3 is 0 Å². The van der Waals surface area contributed by atoms with Crippen LogP contribution in [0, 0.1) is 0 Å². The molecule has 0 aliphatic heterocycles. The molecule has 3 aromatic heterocycles. The van der Waals surface area contributed by atoms with Crippen molar-refractivity contribution in [2.75, 3.05) is 0 Å². The lowest BCUT2D eigenvalue weighted by molar-refractivity contribution is 0.669. The minimum atomic E-state index is -2.72. The van der Waals surface area contributed by atoms with E-state index in [2.05, 4.69) is 253 Å². The maximum atomic E-state index is 6.19. The normalized spacial score (nSPS) is 11.8. The third-order valence-corrected chi connectivity index (χ3v) is 18.6. The van der Waals surface area contributed by atoms with Crippen LogP contribution in [0.5, 0.6) is 0 Å². The van der Waals surface area contributed by atoms with Gasteiger partial charge in [0.05, 0.1) is 22.4 Å². The quantitative estimate of drug-likeness (QED) is 0.107. The molecule has 0 spiro atoms. The first-order chi connectivity index (χ1) is 34.2. The van der Waals surface area contributed by atoms with Gasteiger partial charge < -0.3 is 8.98 Å². The molecule has 0 aliphatic rings. The van der Waals surface area contributed by atoms with Gasteiger partial charge in [0.15, 0.2) is 13.9 Å². The van der Waals surface area contributed by atoms with Crippen molar-refractivity contribution in [3.05, 3.63) is 261 Å². The largest absolute Gasteiger partial charge is 0.456 e. The van der Waals surface area contributed by atoms with Crippen LogP contribution in [-0.4, -0.2) is 22.6 Å². The van der Waals surface area contributed by atoms with Gasteiger partial charge in [0.25, 0.3) is 0 Å². The van der Waals surface area contributed by atoms with Crippen molar-refractivity contribution in [3.63, 3.8) is 0 Å². The van der Waals surface area contributed by atoms with E-state index in [9.17, 15) is 0 Å². The van der Waals surface area contributed by atoms with E-state index in [0.29, 0.717) is 5.82 Å². The molecule has 0 fully saturated rings. The molecule has 0 bridgehead atoms. The molecule has 0 N–H and O–H groups in total. The van der Waals surface area contributed by atoms with Gasteiger partial charge in [-0.2, -0.15) is 0 Å². The maximum Gasteiger partial charge on any atom is 0.179 e. The summed E-state index contributed by atoms with van der Waals surface area (Å²) < 4.78 is 8.54. The van der Waals surface area contributed by atoms with E-state index in [0.717, 1.165) is 66.8 Å². The first-order valence-corrected chi connectivity index (χ1v) is 25.5. The molecule has 0 amide bonds. The van der Waals surface area contributed by atoms with Crippen LogP contribution in [0.2, 0.25) is 0 Å². The molecule has 324 valence electrons. The third kappa shape index (κ3) is 6.90. The van der Waals surface area contributed by atoms with Gasteiger partial charge in [0.2, 0.25) is 0 Å². The number of hydrogen-bond donors (Lipinski definition) is 0. The molecule has 13 rings (SSSR count). The summed E-state index contributed by atoms with van der Waals surface area (Å²) in [5.74, 6) is 0.663. The number of benzene rings is 10. The van der Waals surface area contributed by atoms with E-state index in [-0.39, 0.29) is 0 Å². The fraction of sp³-hybridized carbons (Fsp3) is 0. The zero-order chi connectivity index (χ0) is 45.7. The summed E-state index contributed by atoms with van der Waals surface area (Å²) in [6.45, 7) is 0. The zero-order valence-electron chi connectivity index (χ0n) is 37.6. The molecule has 0 aliphatic carbocycles. The number of furan rings is 1. The molecular weight excluding hydrogens is 855 g/mol. The maximum absolute atomic E-state index is 6.19. The summed E-state index contributed by atoms with van der Waals surface area (Å²) in [6.07, 6.45) is 0. The minimum Gasteiger partial charge on any atom is -0.456 e. The standard InChI is InChI=1S/C64H43N3OSi/c1-4-19-50(20-5-1)69(51-21-6-2-7-22-51,52-23-8-3-9-24-52)53-38-33-45(34-39-53)59-43-58(44-31-36-49(37-32-44)67-60-28-13-10-25-54(60)55-26-11-14-29-61(55)67)65-64(66-59)48-18-16-17-46(41-48)47-35-40-63-57(42-47)56-27-12-15-30-62(56)68-63/h1-43H. The van der Waals surface area contributed by atoms with Crippen LogP contribution in [0.1, 0.15) is 0 Å². The Labute approximate surface area is 401 Å². The minimum absolute atomic E-state index is 0.663. The first-order valence-electron chi connectivity index (χ1n) is 23.5. The Morgan fingerprint density at radius 3 is 1.35 bits per heavy atom. The molecular formula is C64H43N3OSi. The number of rotatable bonds is 9. The Hall–Kier alpha value is -8.90. The first kappa shape index (κ1) is 40.4. The fourth-order valence-corrected chi connectivity index (χ4v) is 15.3. The van der Waals surface area contributed by atoms with Gasteiger partial charge in [-0.3, -0.25) is 0 Å². The van der Waals surface area contributed by atoms with Crippen LogP contribution in [0.4, 0.5) is 0 Å². The highest BCUT2D eigenvalue weighted by atomic mass is 28.3. The Bertz CT molecular complexity index is 3840. The summed E-state index contributed by atoms with van der Waals surface area (Å²) in [6, 6.07) is 93.9. The topological polar surface area (TPSA) is 43.9 Å². The molecule has 0 saturated carbocycles. The Morgan fingerprint density at radius 1 is 0.304 bits per heavy atom. The van der Waals surface area contributed by atoms with E-state index in [1.165, 1.54) is 42.6 Å². The van der Waals surface area contributed by atoms with Crippen molar-refractivity contribution >= 4 is 72.6 Å². The third-order valence-electron chi connectivity index (χ3n) is 13.8. The SMILES string of the molecule is c1ccc([Si](c2ccccc2)(c2ccccc2)c2ccc(-c3cc(-c4ccc(-n5c6ccccc6c6ccccc65)cc4)nc(-c4cccc(-c5ccc6oc7ccccc7c6c5)c4)n3)cc2)cc1. The lowest BCUT2D eigenvalue weighted by atomic mass is 10.00. The average molecular weight is 898 g/mol. The number of para-hydroxylation sites is 3. The van der Waals surface area contributed by atoms with Gasteiger partial charge in [-0.1, -0.05) is 206 Å². The van der Waals surface area contributed by atoms with Crippen molar-refractivity contribution in [2.45, 2.75) is 0 Å². The van der Waals surface area contributed by atoms with Crippen LogP contribution in [0.25, 0.3) is 94.5 Å². The van der Waals surface area contributed by atoms with Gasteiger partial charge in [0, 0.05) is 43.9 Å². The lowest BCUT2D eigenvalue weighted by Crippen LogP contribution is -2.74. The van der Waals surface area contributed by atoms with Crippen LogP contribution in [-0.2, 0) is 0 Å². The number of hydrogen-bond acceptors (Lipinski definition) is 3. The van der Waals surface area contributed by atoms with Crippen LogP contribution in [0.3, 0.4) is 0 Å². The molecule has 0 radical (unpaired) electrons. The van der Waals surface area contributed by atoms with Crippen molar-refractivity contribution < 1.29 is 4.42 Å². The van der Waals surface area contributed by atoms with E-state index in [4.69, 9.17) is 14.4 Å². The highest BCUT2D eigenvalue weighted by Crippen LogP contribution is 2.36. The molecule has 4 nitrogen and oxygen atoms in total. The molecule has 10 aromatic carbocycles. The van der Waals surface area contributed by atoms with E-state index in [1.54, 1.807) is 0 Å². The smallest absolute Gasteiger partial charge is 0.179 e. The fourth-order valence-electron chi connectivity index (χ4n) is 10.6. The molecule has 13 aromatic rings. The molecule has 5 heteroatoms. The lowest BCUT2D eigenvalue weighted by Gasteiger charge is -2.34. The predicted molar refractivity (Wildman–Crippen MR) is 289 cm³/mol. The van der Waals surface area contributed by atoms with Crippen molar-refractivity contribution in [3.8, 4) is 50.7 Å². The van der Waals surface area contributed by atoms with Gasteiger partial charge in [0.1, 0.15) is 11.2 Å². The zero-order valence-corrected chi connectivity index (χ0v) is 38.6. The van der Waals surface area contributed by atoms with Gasteiger partial charge in [-0.25, -0.2) is 9.97 Å². The highest BCUT2D eigenvalue weighted by molar-refractivity contribution is 7.19. The average Bonchev–Trinajstić information content (AvgIpc) is 3.98. The summed E-state index contributed by atoms with van der Waals surface area (Å²) in [7, 11) is -2.72. The second kappa shape index (κ2) is 16.8. The van der Waals surface area contributed by atoms with E-state index in [1.807, 2.05) is 12.1 Å². The van der Waals surface area contributed by atoms with E-state index < -0.39 is 8.07 Å². The highest BCUT2D eigenvalue weighted by Gasteiger charge is 2.41. The molecule has 0 unspecified atom stereocenters. The molecule has 0 atom stereocenters. The number of nitrogens with zero attached hydrogens (tertiary/aromatic N) is 3. The summed E-state index contributed by atoms with van der Waals surface area (Å²) >= 11 is 0. The van der Waals surface area contributed by atoms with E-state index >= 15 is 0 Å².